The molecule has 0 aromatic rings. The Morgan fingerprint density at radius 3 is 2.64 bits per heavy atom. The van der Waals surface area contributed by atoms with Crippen LogP contribution in [-0.4, -0.2) is 48.0 Å². The van der Waals surface area contributed by atoms with Gasteiger partial charge in [-0.1, -0.05) is 0 Å². The van der Waals surface area contributed by atoms with Crippen LogP contribution in [0.1, 0.15) is 0 Å². The lowest BCUT2D eigenvalue weighted by Gasteiger charge is -2.09. The Hall–Kier alpha value is -1.24. The van der Waals surface area contributed by atoms with Crippen molar-refractivity contribution in [2.75, 3.05) is 18.6 Å². The number of carbonyl (C=O) groups is 3. The SMILES string of the molecule is CNC(=O)CSCC(NC=O)C(=O)O. The van der Waals surface area contributed by atoms with E-state index in [2.05, 4.69) is 10.6 Å². The first-order valence-electron chi connectivity index (χ1n) is 3.82. The van der Waals surface area contributed by atoms with Crippen LogP contribution in [0.15, 0.2) is 0 Å². The number of hydrogen-bond acceptors (Lipinski definition) is 4. The first-order valence-corrected chi connectivity index (χ1v) is 4.98. The van der Waals surface area contributed by atoms with Crippen LogP contribution in [0.4, 0.5) is 0 Å². The van der Waals surface area contributed by atoms with E-state index >= 15 is 0 Å². The summed E-state index contributed by atoms with van der Waals surface area (Å²) in [5.41, 5.74) is 0. The van der Waals surface area contributed by atoms with Crippen LogP contribution in [0.2, 0.25) is 0 Å². The van der Waals surface area contributed by atoms with Crippen molar-refractivity contribution in [1.29, 1.82) is 0 Å². The summed E-state index contributed by atoms with van der Waals surface area (Å²) in [4.78, 5) is 31.3. The smallest absolute Gasteiger partial charge is 0.327 e. The van der Waals surface area contributed by atoms with Crippen molar-refractivity contribution >= 4 is 30.0 Å². The van der Waals surface area contributed by atoms with Crippen LogP contribution < -0.4 is 10.6 Å². The highest BCUT2D eigenvalue weighted by Crippen LogP contribution is 2.02. The Balaban J connectivity index is 3.76. The van der Waals surface area contributed by atoms with E-state index in [9.17, 15) is 14.4 Å². The molecule has 7 heteroatoms. The van der Waals surface area contributed by atoms with Crippen molar-refractivity contribution in [3.05, 3.63) is 0 Å². The van der Waals surface area contributed by atoms with Crippen molar-refractivity contribution in [1.82, 2.24) is 10.6 Å². The van der Waals surface area contributed by atoms with Gasteiger partial charge in [0.15, 0.2) is 0 Å². The molecule has 0 fully saturated rings. The summed E-state index contributed by atoms with van der Waals surface area (Å²) < 4.78 is 0. The summed E-state index contributed by atoms with van der Waals surface area (Å²) >= 11 is 1.15. The van der Waals surface area contributed by atoms with Crippen molar-refractivity contribution in [2.45, 2.75) is 6.04 Å². The lowest BCUT2D eigenvalue weighted by atomic mass is 10.3. The summed E-state index contributed by atoms with van der Waals surface area (Å²) in [6, 6.07) is -0.942. The molecule has 14 heavy (non-hydrogen) atoms. The Bertz CT molecular complexity index is 222. The van der Waals surface area contributed by atoms with Gasteiger partial charge >= 0.3 is 5.97 Å². The molecule has 0 heterocycles. The monoisotopic (exact) mass is 220 g/mol. The highest BCUT2D eigenvalue weighted by atomic mass is 32.2. The van der Waals surface area contributed by atoms with Crippen LogP contribution in [-0.2, 0) is 14.4 Å². The highest BCUT2D eigenvalue weighted by molar-refractivity contribution is 8.00. The quantitative estimate of drug-likeness (QED) is 0.462. The van der Waals surface area contributed by atoms with Crippen molar-refractivity contribution in [3.8, 4) is 0 Å². The van der Waals surface area contributed by atoms with Gasteiger partial charge in [-0.3, -0.25) is 9.59 Å². The maximum absolute atomic E-state index is 10.8. The molecule has 1 unspecified atom stereocenters. The van der Waals surface area contributed by atoms with Gasteiger partial charge in [0.1, 0.15) is 6.04 Å². The van der Waals surface area contributed by atoms with Crippen LogP contribution in [0.25, 0.3) is 0 Å². The fourth-order valence-corrected chi connectivity index (χ4v) is 1.54. The highest BCUT2D eigenvalue weighted by Gasteiger charge is 2.16. The molecule has 0 aliphatic carbocycles. The molecular formula is C7H12N2O4S. The first kappa shape index (κ1) is 12.8. The number of aliphatic carboxylic acids is 1. The van der Waals surface area contributed by atoms with E-state index in [1.165, 1.54) is 7.05 Å². The fraction of sp³-hybridized carbons (Fsp3) is 0.571. The average Bonchev–Trinajstić information content (AvgIpc) is 2.16. The molecule has 1 atom stereocenters. The molecule has 2 amide bonds. The maximum atomic E-state index is 10.8. The normalized spacial score (nSPS) is 11.5. The predicted molar refractivity (Wildman–Crippen MR) is 52.0 cm³/mol. The molecule has 0 aliphatic rings. The molecule has 0 bridgehead atoms. The third-order valence-corrected chi connectivity index (χ3v) is 2.40. The topological polar surface area (TPSA) is 95.5 Å². The van der Waals surface area contributed by atoms with E-state index in [-0.39, 0.29) is 17.4 Å². The molecule has 6 nitrogen and oxygen atoms in total. The van der Waals surface area contributed by atoms with Gasteiger partial charge in [-0.15, -0.1) is 11.8 Å². The minimum atomic E-state index is -1.11. The molecule has 0 saturated heterocycles. The first-order chi connectivity index (χ1) is 6.61. The Labute approximate surface area is 85.4 Å². The van der Waals surface area contributed by atoms with Crippen LogP contribution in [0, 0.1) is 0 Å². The predicted octanol–water partition coefficient (Wildman–Crippen LogP) is -1.34. The van der Waals surface area contributed by atoms with Gasteiger partial charge in [0.2, 0.25) is 12.3 Å². The molecule has 0 radical (unpaired) electrons. The molecule has 0 rings (SSSR count). The third kappa shape index (κ3) is 5.41. The lowest BCUT2D eigenvalue weighted by molar-refractivity contribution is -0.139. The van der Waals surface area contributed by atoms with Crippen molar-refractivity contribution in [2.24, 2.45) is 0 Å². The van der Waals surface area contributed by atoms with E-state index in [4.69, 9.17) is 5.11 Å². The Kier molecular flexibility index (Phi) is 6.55. The molecular weight excluding hydrogens is 208 g/mol. The number of carboxylic acids is 1. The summed E-state index contributed by atoms with van der Waals surface area (Å²) in [5, 5.41) is 13.1. The largest absolute Gasteiger partial charge is 0.480 e. The van der Waals surface area contributed by atoms with Gasteiger partial charge in [-0.05, 0) is 0 Å². The molecule has 80 valence electrons. The number of amides is 2. The molecule has 0 spiro atoms. The summed E-state index contributed by atoms with van der Waals surface area (Å²) in [7, 11) is 1.50. The van der Waals surface area contributed by atoms with Gasteiger partial charge in [0.25, 0.3) is 0 Å². The molecule has 0 saturated carbocycles. The summed E-state index contributed by atoms with van der Waals surface area (Å²) in [6.07, 6.45) is 0.333. The minimum absolute atomic E-state index is 0.168. The van der Waals surface area contributed by atoms with E-state index < -0.39 is 12.0 Å². The minimum Gasteiger partial charge on any atom is -0.480 e. The lowest BCUT2D eigenvalue weighted by Crippen LogP contribution is -2.38. The summed E-state index contributed by atoms with van der Waals surface area (Å²) in [5.74, 6) is -0.936. The second-order valence-electron chi connectivity index (χ2n) is 2.36. The van der Waals surface area contributed by atoms with Crippen molar-refractivity contribution < 1.29 is 19.5 Å². The summed E-state index contributed by atoms with van der Waals surface area (Å²) in [6.45, 7) is 0. The van der Waals surface area contributed by atoms with Gasteiger partial charge in [0.05, 0.1) is 5.75 Å². The average molecular weight is 220 g/mol. The molecule has 0 aliphatic heterocycles. The van der Waals surface area contributed by atoms with Gasteiger partial charge in [0, 0.05) is 12.8 Å². The second-order valence-corrected chi connectivity index (χ2v) is 3.39. The van der Waals surface area contributed by atoms with Gasteiger partial charge in [-0.25, -0.2) is 4.79 Å². The third-order valence-electron chi connectivity index (χ3n) is 1.36. The molecule has 0 aromatic heterocycles. The van der Waals surface area contributed by atoms with E-state index in [0.717, 1.165) is 11.8 Å². The van der Waals surface area contributed by atoms with E-state index in [1.807, 2.05) is 0 Å². The molecule has 0 aromatic carbocycles. The second kappa shape index (κ2) is 7.19. The van der Waals surface area contributed by atoms with Crippen LogP contribution >= 0.6 is 11.8 Å². The van der Waals surface area contributed by atoms with Crippen LogP contribution in [0.5, 0.6) is 0 Å². The van der Waals surface area contributed by atoms with Gasteiger partial charge < -0.3 is 15.7 Å². The van der Waals surface area contributed by atoms with Gasteiger partial charge in [-0.2, -0.15) is 0 Å². The number of thioether (sulfide) groups is 1. The zero-order valence-electron chi connectivity index (χ0n) is 7.65. The number of nitrogens with one attached hydrogen (secondary N) is 2. The zero-order chi connectivity index (χ0) is 11.0. The number of carbonyl (C=O) groups excluding carboxylic acids is 2. The Morgan fingerprint density at radius 2 is 2.21 bits per heavy atom. The zero-order valence-corrected chi connectivity index (χ0v) is 8.47. The van der Waals surface area contributed by atoms with Crippen LogP contribution in [0.3, 0.4) is 0 Å². The standard InChI is InChI=1S/C7H12N2O4S/c1-8-6(11)3-14-2-5(7(12)13)9-4-10/h4-5H,2-3H2,1H3,(H,8,11)(H,9,10)(H,12,13). The van der Waals surface area contributed by atoms with E-state index in [0.29, 0.717) is 6.41 Å². The van der Waals surface area contributed by atoms with E-state index in [1.54, 1.807) is 0 Å². The Morgan fingerprint density at radius 1 is 1.57 bits per heavy atom. The number of rotatable bonds is 7. The van der Waals surface area contributed by atoms with Crippen molar-refractivity contribution in [3.63, 3.8) is 0 Å². The number of hydrogen-bond donors (Lipinski definition) is 3. The maximum Gasteiger partial charge on any atom is 0.327 e. The number of carboxylic acid groups (broad SMARTS) is 1. The molecule has 3 N–H and O–H groups in total. The fourth-order valence-electron chi connectivity index (χ4n) is 0.614.